The van der Waals surface area contributed by atoms with Crippen molar-refractivity contribution in [2.75, 3.05) is 5.73 Å². The number of nitrogens with two attached hydrogens (primary N) is 1. The molecule has 1 nitrogen and oxygen atoms in total. The summed E-state index contributed by atoms with van der Waals surface area (Å²) < 4.78 is 0. The standard InChI is InChI=1S/C42H39N/c1-5-27(2)25-28(3)34-19-17-32-18-20-37-30(21-23-42(4)24-22-38(34)40(32)41(37)42)13-14-31-15-16-33(26-39(31)43)36-12-8-10-29-9-6-7-11-35(29)36/h5-12,15-22,24,26,28H,1-2,13-14,23,25,43H2,3-4H3. The summed E-state index contributed by atoms with van der Waals surface area (Å²) in [5.41, 5.74) is 19.4. The minimum Gasteiger partial charge on any atom is -0.398 e. The van der Waals surface area contributed by atoms with Crippen molar-refractivity contribution in [2.45, 2.75) is 50.9 Å². The van der Waals surface area contributed by atoms with Gasteiger partial charge in [-0.05, 0) is 104 Å². The molecule has 1 heteroatoms. The number of fused-ring (bicyclic) bond motifs is 1. The third kappa shape index (κ3) is 4.64. The summed E-state index contributed by atoms with van der Waals surface area (Å²) in [5.74, 6) is 0.383. The molecule has 0 aliphatic heterocycles. The van der Waals surface area contributed by atoms with Crippen LogP contribution in [0.4, 0.5) is 5.69 Å². The van der Waals surface area contributed by atoms with Gasteiger partial charge < -0.3 is 5.73 Å². The van der Waals surface area contributed by atoms with Crippen LogP contribution in [0.5, 0.6) is 0 Å². The summed E-state index contributed by atoms with van der Waals surface area (Å²) in [4.78, 5) is 0. The van der Waals surface area contributed by atoms with Crippen LogP contribution in [0.25, 0.3) is 44.3 Å². The molecule has 7 rings (SSSR count). The van der Waals surface area contributed by atoms with Gasteiger partial charge in [0.05, 0.1) is 0 Å². The number of benzene rings is 5. The van der Waals surface area contributed by atoms with Crippen LogP contribution in [-0.2, 0) is 11.8 Å². The van der Waals surface area contributed by atoms with Crippen LogP contribution < -0.4 is 5.73 Å². The minimum atomic E-state index is 0.0110. The molecular weight excluding hydrogens is 518 g/mol. The Kier molecular flexibility index (Phi) is 6.70. The molecule has 0 heterocycles. The number of allylic oxidation sites excluding steroid dienone is 5. The average Bonchev–Trinajstić information content (AvgIpc) is 3.03. The van der Waals surface area contributed by atoms with Crippen LogP contribution >= 0.6 is 0 Å². The lowest BCUT2D eigenvalue weighted by Gasteiger charge is -2.38. The number of aryl methyl sites for hydroxylation is 1. The van der Waals surface area contributed by atoms with Crippen LogP contribution in [-0.4, -0.2) is 0 Å². The Balaban J connectivity index is 1.21. The molecule has 0 fully saturated rings. The number of hydrogen-bond acceptors (Lipinski definition) is 1. The second-order valence-electron chi connectivity index (χ2n) is 12.7. The van der Waals surface area contributed by atoms with Crippen molar-refractivity contribution in [2.24, 2.45) is 0 Å². The lowest BCUT2D eigenvalue weighted by molar-refractivity contribution is 0.600. The molecule has 2 aliphatic carbocycles. The molecule has 0 spiro atoms. The summed E-state index contributed by atoms with van der Waals surface area (Å²) in [5, 5.41) is 5.27. The highest BCUT2D eigenvalue weighted by Gasteiger charge is 2.35. The first-order valence-corrected chi connectivity index (χ1v) is 15.5. The minimum absolute atomic E-state index is 0.0110. The third-order valence-electron chi connectivity index (χ3n) is 9.87. The molecule has 0 saturated heterocycles. The number of rotatable bonds is 8. The fourth-order valence-corrected chi connectivity index (χ4v) is 7.46. The third-order valence-corrected chi connectivity index (χ3v) is 9.87. The molecule has 0 radical (unpaired) electrons. The van der Waals surface area contributed by atoms with E-state index in [1.54, 1.807) is 0 Å². The predicted molar refractivity (Wildman–Crippen MR) is 187 cm³/mol. The smallest absolute Gasteiger partial charge is 0.0352 e. The van der Waals surface area contributed by atoms with Crippen LogP contribution in [0, 0.1) is 0 Å². The molecular formula is C42H39N. The summed E-state index contributed by atoms with van der Waals surface area (Å²) >= 11 is 0. The van der Waals surface area contributed by atoms with Gasteiger partial charge in [-0.25, -0.2) is 0 Å². The van der Waals surface area contributed by atoms with Gasteiger partial charge in [-0.2, -0.15) is 0 Å². The maximum absolute atomic E-state index is 6.71. The summed E-state index contributed by atoms with van der Waals surface area (Å²) in [6.45, 7) is 12.8. The van der Waals surface area contributed by atoms with Gasteiger partial charge >= 0.3 is 0 Å². The normalized spacial score (nSPS) is 17.6. The van der Waals surface area contributed by atoms with Gasteiger partial charge in [0, 0.05) is 11.1 Å². The molecule has 2 unspecified atom stereocenters. The van der Waals surface area contributed by atoms with Crippen molar-refractivity contribution in [3.8, 4) is 11.1 Å². The highest BCUT2D eigenvalue weighted by Crippen LogP contribution is 2.50. The van der Waals surface area contributed by atoms with E-state index >= 15 is 0 Å². The van der Waals surface area contributed by atoms with E-state index in [2.05, 4.69) is 130 Å². The fraction of sp³-hybridized carbons (Fsp3) is 0.190. The zero-order chi connectivity index (χ0) is 29.7. The maximum atomic E-state index is 6.71. The zero-order valence-electron chi connectivity index (χ0n) is 25.3. The summed E-state index contributed by atoms with van der Waals surface area (Å²) in [6.07, 6.45) is 13.0. The molecule has 2 N–H and O–H groups in total. The maximum Gasteiger partial charge on any atom is 0.0352 e. The van der Waals surface area contributed by atoms with E-state index in [-0.39, 0.29) is 5.41 Å². The van der Waals surface area contributed by atoms with Gasteiger partial charge in [-0.1, -0.05) is 136 Å². The van der Waals surface area contributed by atoms with E-state index in [4.69, 9.17) is 5.73 Å². The van der Waals surface area contributed by atoms with Crippen molar-refractivity contribution in [3.63, 3.8) is 0 Å². The number of nitrogen functional groups attached to an aromatic ring is 1. The molecule has 0 bridgehead atoms. The van der Waals surface area contributed by atoms with Gasteiger partial charge in [0.1, 0.15) is 0 Å². The van der Waals surface area contributed by atoms with E-state index in [9.17, 15) is 0 Å². The van der Waals surface area contributed by atoms with Crippen molar-refractivity contribution >= 4 is 38.9 Å². The van der Waals surface area contributed by atoms with E-state index in [1.807, 2.05) is 6.08 Å². The Morgan fingerprint density at radius 1 is 0.930 bits per heavy atom. The summed E-state index contributed by atoms with van der Waals surface area (Å²) in [7, 11) is 0. The SMILES string of the molecule is C=CC(=C)CC(C)c1ccc2ccc3c4c2c1C=CC4(C)CC=C3CCc1ccc(-c2cccc3ccccc23)cc1N. The highest BCUT2D eigenvalue weighted by molar-refractivity contribution is 6.01. The average molecular weight is 558 g/mol. The molecule has 43 heavy (non-hydrogen) atoms. The molecule has 0 saturated carbocycles. The van der Waals surface area contributed by atoms with Gasteiger partial charge in [0.25, 0.3) is 0 Å². The largest absolute Gasteiger partial charge is 0.398 e. The Morgan fingerprint density at radius 2 is 1.74 bits per heavy atom. The monoisotopic (exact) mass is 557 g/mol. The van der Waals surface area contributed by atoms with Gasteiger partial charge in [-0.15, -0.1) is 0 Å². The summed E-state index contributed by atoms with van der Waals surface area (Å²) in [6, 6.07) is 31.0. The molecule has 0 amide bonds. The molecule has 2 aliphatic rings. The quantitative estimate of drug-likeness (QED) is 0.149. The van der Waals surface area contributed by atoms with E-state index in [0.717, 1.165) is 36.9 Å². The molecule has 5 aromatic rings. The van der Waals surface area contributed by atoms with Crippen molar-refractivity contribution in [1.82, 2.24) is 0 Å². The zero-order valence-corrected chi connectivity index (χ0v) is 25.3. The Hall–Kier alpha value is -4.62. The Labute approximate surface area is 255 Å². The lowest BCUT2D eigenvalue weighted by Crippen LogP contribution is -2.26. The van der Waals surface area contributed by atoms with Crippen LogP contribution in [0.15, 0.2) is 122 Å². The lowest BCUT2D eigenvalue weighted by atomic mass is 9.66. The molecule has 5 aromatic carbocycles. The van der Waals surface area contributed by atoms with Gasteiger partial charge in [-0.3, -0.25) is 0 Å². The predicted octanol–water partition coefficient (Wildman–Crippen LogP) is 11.2. The van der Waals surface area contributed by atoms with Gasteiger partial charge in [0.2, 0.25) is 0 Å². The van der Waals surface area contributed by atoms with Gasteiger partial charge in [0.15, 0.2) is 0 Å². The fourth-order valence-electron chi connectivity index (χ4n) is 7.46. The number of anilines is 1. The molecule has 212 valence electrons. The van der Waals surface area contributed by atoms with Crippen molar-refractivity contribution < 1.29 is 0 Å². The highest BCUT2D eigenvalue weighted by atomic mass is 14.6. The second kappa shape index (κ2) is 10.6. The number of hydrogen-bond donors (Lipinski definition) is 1. The van der Waals surface area contributed by atoms with Crippen molar-refractivity contribution in [3.05, 3.63) is 150 Å². The Morgan fingerprint density at radius 3 is 2.58 bits per heavy atom. The first-order valence-electron chi connectivity index (χ1n) is 15.5. The first kappa shape index (κ1) is 27.2. The van der Waals surface area contributed by atoms with Crippen LogP contribution in [0.2, 0.25) is 0 Å². The molecule has 2 atom stereocenters. The van der Waals surface area contributed by atoms with Crippen LogP contribution in [0.1, 0.15) is 66.8 Å². The van der Waals surface area contributed by atoms with Crippen molar-refractivity contribution in [1.29, 1.82) is 0 Å². The Bertz CT molecular complexity index is 2000. The van der Waals surface area contributed by atoms with E-state index in [1.165, 1.54) is 66.1 Å². The topological polar surface area (TPSA) is 26.0 Å². The first-order chi connectivity index (χ1) is 20.9. The molecule has 0 aromatic heterocycles. The van der Waals surface area contributed by atoms with Crippen LogP contribution in [0.3, 0.4) is 0 Å². The van der Waals surface area contributed by atoms with E-state index < -0.39 is 0 Å². The second-order valence-corrected chi connectivity index (χ2v) is 12.7. The van der Waals surface area contributed by atoms with E-state index in [0.29, 0.717) is 5.92 Å².